The third-order valence-corrected chi connectivity index (χ3v) is 4.49. The first-order chi connectivity index (χ1) is 9.22. The molecule has 0 bridgehead atoms. The summed E-state index contributed by atoms with van der Waals surface area (Å²) in [6.45, 7) is -0.888. The molecule has 7 unspecified atom stereocenters. The van der Waals surface area contributed by atoms with Gasteiger partial charge in [-0.3, -0.25) is 4.57 Å². The second-order valence-corrected chi connectivity index (χ2v) is 6.01. The van der Waals surface area contributed by atoms with Crippen molar-refractivity contribution in [1.29, 1.82) is 0 Å². The maximum atomic E-state index is 11.6. The zero-order chi connectivity index (χ0) is 15.6. The summed E-state index contributed by atoms with van der Waals surface area (Å²) in [7, 11) is -3.43. The lowest BCUT2D eigenvalue weighted by molar-refractivity contribution is -0.216. The van der Waals surface area contributed by atoms with Crippen LogP contribution in [0.1, 0.15) is 0 Å². The minimum Gasteiger partial charge on any atom is -0.394 e. The minimum absolute atomic E-state index is 0.888. The summed E-state index contributed by atoms with van der Waals surface area (Å²) in [5.41, 5.74) is 0. The van der Waals surface area contributed by atoms with E-state index in [4.69, 9.17) is 10.2 Å². The van der Waals surface area contributed by atoms with E-state index in [9.17, 15) is 35.2 Å². The molecule has 0 aromatic heterocycles. The number of hydrogen-bond donors (Lipinski definition) is 8. The van der Waals surface area contributed by atoms with E-state index in [0.717, 1.165) is 0 Å². The molecular formula is C9H19O10P. The van der Waals surface area contributed by atoms with Crippen LogP contribution in [0.15, 0.2) is 0 Å². The molecule has 0 saturated heterocycles. The third-order valence-electron chi connectivity index (χ3n) is 3.12. The molecule has 20 heavy (non-hydrogen) atoms. The Morgan fingerprint density at radius 3 is 1.70 bits per heavy atom. The smallest absolute Gasteiger partial charge is 0.222 e. The fraction of sp³-hybridized carbons (Fsp3) is 1.00. The first-order valence-electron chi connectivity index (χ1n) is 5.80. The van der Waals surface area contributed by atoms with Gasteiger partial charge in [0.15, 0.2) is 5.85 Å². The quantitative estimate of drug-likeness (QED) is 0.229. The Balaban J connectivity index is 2.77. The van der Waals surface area contributed by atoms with Gasteiger partial charge in [-0.1, -0.05) is 0 Å². The normalized spacial score (nSPS) is 43.0. The van der Waals surface area contributed by atoms with Gasteiger partial charge in [0.2, 0.25) is 8.03 Å². The molecular weight excluding hydrogens is 299 g/mol. The second-order valence-electron chi connectivity index (χ2n) is 4.55. The summed E-state index contributed by atoms with van der Waals surface area (Å²) in [5.74, 6) is -1.95. The average molecular weight is 318 g/mol. The molecule has 1 aliphatic rings. The van der Waals surface area contributed by atoms with Gasteiger partial charge in [-0.25, -0.2) is 0 Å². The largest absolute Gasteiger partial charge is 0.394 e. The van der Waals surface area contributed by atoms with Crippen LogP contribution in [-0.4, -0.2) is 96.0 Å². The zero-order valence-corrected chi connectivity index (χ0v) is 11.2. The summed E-state index contributed by atoms with van der Waals surface area (Å²) >= 11 is 0. The van der Waals surface area contributed by atoms with Crippen molar-refractivity contribution in [3.63, 3.8) is 0 Å². The van der Waals surface area contributed by atoms with Gasteiger partial charge in [0, 0.05) is 0 Å². The van der Waals surface area contributed by atoms with Crippen LogP contribution in [0, 0.1) is 0 Å². The average Bonchev–Trinajstić information content (AvgIpc) is 2.45. The Labute approximate surface area is 114 Å². The Kier molecular flexibility index (Phi) is 6.48. The highest BCUT2D eigenvalue weighted by atomic mass is 31.1. The molecule has 7 atom stereocenters. The molecule has 8 N–H and O–H groups in total. The molecule has 0 spiro atoms. The van der Waals surface area contributed by atoms with Crippen molar-refractivity contribution in [3.8, 4) is 0 Å². The molecule has 0 aromatic carbocycles. The predicted octanol–water partition coefficient (Wildman–Crippen LogP) is -4.66. The van der Waals surface area contributed by atoms with Crippen molar-refractivity contribution in [1.82, 2.24) is 0 Å². The summed E-state index contributed by atoms with van der Waals surface area (Å²) in [5, 5.41) is 74.3. The Morgan fingerprint density at radius 1 is 0.900 bits per heavy atom. The van der Waals surface area contributed by atoms with Crippen LogP contribution >= 0.6 is 8.03 Å². The van der Waals surface area contributed by atoms with Crippen molar-refractivity contribution in [2.24, 2.45) is 0 Å². The number of aliphatic hydroxyl groups is 8. The van der Waals surface area contributed by atoms with Gasteiger partial charge < -0.3 is 45.4 Å². The van der Waals surface area contributed by atoms with Gasteiger partial charge in [-0.2, -0.15) is 0 Å². The lowest BCUT2D eigenvalue weighted by Gasteiger charge is -2.41. The zero-order valence-electron chi connectivity index (χ0n) is 10.2. The minimum atomic E-state index is -3.43. The van der Waals surface area contributed by atoms with Crippen LogP contribution in [0.2, 0.25) is 0 Å². The third kappa shape index (κ3) is 3.55. The second kappa shape index (κ2) is 7.23. The van der Waals surface area contributed by atoms with E-state index in [2.05, 4.69) is 4.52 Å². The molecule has 120 valence electrons. The van der Waals surface area contributed by atoms with Crippen molar-refractivity contribution in [2.75, 3.05) is 6.61 Å². The maximum Gasteiger partial charge on any atom is 0.222 e. The van der Waals surface area contributed by atoms with Crippen LogP contribution in [0.5, 0.6) is 0 Å². The van der Waals surface area contributed by atoms with Crippen molar-refractivity contribution < 1.29 is 49.9 Å². The van der Waals surface area contributed by atoms with Crippen LogP contribution < -0.4 is 0 Å². The predicted molar refractivity (Wildman–Crippen MR) is 63.0 cm³/mol. The van der Waals surface area contributed by atoms with Gasteiger partial charge in [0.1, 0.15) is 42.7 Å². The maximum absolute atomic E-state index is 11.6. The molecule has 1 rings (SSSR count). The van der Waals surface area contributed by atoms with Gasteiger partial charge in [-0.15, -0.1) is 0 Å². The number of hydrogen-bond acceptors (Lipinski definition) is 10. The van der Waals surface area contributed by atoms with E-state index >= 15 is 0 Å². The molecule has 0 heterocycles. The molecule has 1 fully saturated rings. The van der Waals surface area contributed by atoms with Gasteiger partial charge >= 0.3 is 0 Å². The van der Waals surface area contributed by atoms with E-state index in [-0.39, 0.29) is 0 Å². The fourth-order valence-corrected chi connectivity index (χ4v) is 2.90. The van der Waals surface area contributed by atoms with Gasteiger partial charge in [0.25, 0.3) is 0 Å². The van der Waals surface area contributed by atoms with Crippen molar-refractivity contribution in [2.45, 2.75) is 48.6 Å². The lowest BCUT2D eigenvalue weighted by Crippen LogP contribution is -2.64. The van der Waals surface area contributed by atoms with E-state index in [0.29, 0.717) is 0 Å². The van der Waals surface area contributed by atoms with Crippen molar-refractivity contribution >= 4 is 8.03 Å². The van der Waals surface area contributed by atoms with Gasteiger partial charge in [0.05, 0.1) is 6.61 Å². The highest BCUT2D eigenvalue weighted by Gasteiger charge is 2.50. The summed E-state index contributed by atoms with van der Waals surface area (Å²) in [6, 6.07) is 0. The van der Waals surface area contributed by atoms with Crippen LogP contribution in [0.3, 0.4) is 0 Å². The summed E-state index contributed by atoms with van der Waals surface area (Å²) in [6.07, 6.45) is -12.8. The highest BCUT2D eigenvalue weighted by molar-refractivity contribution is 7.39. The standard InChI is InChI=1S/C9H19O10P/c10-1-2(11)9(17)20(18)19-8-6(15)4(13)3(12)5(14)7(8)16/h2-17,20H,1H2. The molecule has 0 radical (unpaired) electrons. The SMILES string of the molecule is O=[PH](OC1C(O)C(O)C(O)C(O)C1O)C(O)C(O)CO. The Morgan fingerprint density at radius 2 is 1.30 bits per heavy atom. The lowest BCUT2D eigenvalue weighted by atomic mass is 9.85. The Hall–Kier alpha value is -0.130. The molecule has 0 amide bonds. The van der Waals surface area contributed by atoms with E-state index in [1.165, 1.54) is 0 Å². The summed E-state index contributed by atoms with van der Waals surface area (Å²) in [4.78, 5) is 0. The van der Waals surface area contributed by atoms with Crippen LogP contribution in [0.4, 0.5) is 0 Å². The molecule has 1 aliphatic carbocycles. The van der Waals surface area contributed by atoms with Crippen LogP contribution in [0.25, 0.3) is 0 Å². The highest BCUT2D eigenvalue weighted by Crippen LogP contribution is 2.36. The first kappa shape index (κ1) is 17.9. The molecule has 11 heteroatoms. The first-order valence-corrected chi connectivity index (χ1v) is 7.19. The monoisotopic (exact) mass is 318 g/mol. The van der Waals surface area contributed by atoms with Crippen molar-refractivity contribution in [3.05, 3.63) is 0 Å². The molecule has 0 aliphatic heterocycles. The molecule has 0 aromatic rings. The molecule has 10 nitrogen and oxygen atoms in total. The van der Waals surface area contributed by atoms with Crippen LogP contribution in [-0.2, 0) is 9.09 Å². The molecule has 1 saturated carbocycles. The Bertz CT molecular complexity index is 325. The number of rotatable bonds is 5. The van der Waals surface area contributed by atoms with Gasteiger partial charge in [-0.05, 0) is 0 Å². The van der Waals surface area contributed by atoms with E-state index in [1.807, 2.05) is 0 Å². The number of aliphatic hydroxyl groups excluding tert-OH is 8. The topological polar surface area (TPSA) is 188 Å². The summed E-state index contributed by atoms with van der Waals surface area (Å²) < 4.78 is 16.3. The van der Waals surface area contributed by atoms with E-state index < -0.39 is 63.2 Å². The fourth-order valence-electron chi connectivity index (χ4n) is 1.80. The van der Waals surface area contributed by atoms with E-state index in [1.54, 1.807) is 0 Å².